The third kappa shape index (κ3) is 1.33. The van der Waals surface area contributed by atoms with Crippen molar-refractivity contribution in [3.8, 4) is 0 Å². The Balaban J connectivity index is 2.82. The monoisotopic (exact) mass is 186 g/mol. The fourth-order valence-electron chi connectivity index (χ4n) is 1.35. The van der Waals surface area contributed by atoms with Gasteiger partial charge in [0, 0.05) is 6.20 Å². The van der Waals surface area contributed by atoms with Crippen molar-refractivity contribution in [1.29, 1.82) is 0 Å². The molecule has 2 rings (SSSR count). The maximum absolute atomic E-state index is 11.8. The second-order valence-corrected chi connectivity index (χ2v) is 2.96. The van der Waals surface area contributed by atoms with Crippen molar-refractivity contribution >= 4 is 17.1 Å². The van der Waals surface area contributed by atoms with Gasteiger partial charge >= 0.3 is 0 Å². The van der Waals surface area contributed by atoms with Crippen LogP contribution in [0, 0.1) is 0 Å². The number of para-hydroxylation sites is 1. The molecular weight excluding hydrogens is 176 g/mol. The summed E-state index contributed by atoms with van der Waals surface area (Å²) in [6.07, 6.45) is 5.03. The molecular formula is C11H10N2O. The summed E-state index contributed by atoms with van der Waals surface area (Å²) < 4.78 is 1.47. The van der Waals surface area contributed by atoms with Crippen LogP contribution in [0.1, 0.15) is 6.92 Å². The van der Waals surface area contributed by atoms with Crippen LogP contribution in [0.4, 0.5) is 0 Å². The predicted octanol–water partition coefficient (Wildman–Crippen LogP) is 1.89. The van der Waals surface area contributed by atoms with Crippen LogP contribution in [0.2, 0.25) is 0 Å². The molecule has 2 aromatic rings. The Labute approximate surface area is 81.3 Å². The van der Waals surface area contributed by atoms with Crippen LogP contribution in [-0.2, 0) is 0 Å². The molecule has 0 aliphatic carbocycles. The Morgan fingerprint density at radius 3 is 2.93 bits per heavy atom. The van der Waals surface area contributed by atoms with Gasteiger partial charge < -0.3 is 0 Å². The van der Waals surface area contributed by atoms with E-state index in [0.29, 0.717) is 5.39 Å². The lowest BCUT2D eigenvalue weighted by Gasteiger charge is -1.99. The first-order valence-corrected chi connectivity index (χ1v) is 4.41. The maximum Gasteiger partial charge on any atom is 0.265 e. The summed E-state index contributed by atoms with van der Waals surface area (Å²) in [5.74, 6) is 0. The van der Waals surface area contributed by atoms with Crippen molar-refractivity contribution in [3.05, 3.63) is 47.0 Å². The minimum Gasteiger partial charge on any atom is -0.274 e. The molecule has 0 aliphatic rings. The van der Waals surface area contributed by atoms with Gasteiger partial charge in [-0.2, -0.15) is 0 Å². The van der Waals surface area contributed by atoms with Gasteiger partial charge in [0.05, 0.1) is 10.9 Å². The van der Waals surface area contributed by atoms with Crippen molar-refractivity contribution in [3.63, 3.8) is 0 Å². The van der Waals surface area contributed by atoms with E-state index in [4.69, 9.17) is 0 Å². The molecule has 1 aromatic carbocycles. The second kappa shape index (κ2) is 3.46. The van der Waals surface area contributed by atoms with Crippen molar-refractivity contribution in [2.24, 2.45) is 0 Å². The van der Waals surface area contributed by atoms with Gasteiger partial charge in [-0.15, -0.1) is 0 Å². The van der Waals surface area contributed by atoms with E-state index in [-0.39, 0.29) is 5.56 Å². The standard InChI is InChI=1S/C11H10N2O/c1-2-7-13-8-12-10-6-4-3-5-9(10)11(13)14/h2-8H,1H3. The summed E-state index contributed by atoms with van der Waals surface area (Å²) in [7, 11) is 0. The van der Waals surface area contributed by atoms with E-state index in [9.17, 15) is 4.79 Å². The number of fused-ring (bicyclic) bond motifs is 1. The smallest absolute Gasteiger partial charge is 0.265 e. The van der Waals surface area contributed by atoms with E-state index in [2.05, 4.69) is 4.98 Å². The van der Waals surface area contributed by atoms with Crippen molar-refractivity contribution in [2.45, 2.75) is 6.92 Å². The van der Waals surface area contributed by atoms with Gasteiger partial charge in [0.15, 0.2) is 0 Å². The molecule has 0 saturated heterocycles. The van der Waals surface area contributed by atoms with Crippen LogP contribution < -0.4 is 5.56 Å². The molecule has 70 valence electrons. The summed E-state index contributed by atoms with van der Waals surface area (Å²) in [5, 5.41) is 0.646. The van der Waals surface area contributed by atoms with E-state index >= 15 is 0 Å². The van der Waals surface area contributed by atoms with Crippen LogP contribution in [-0.4, -0.2) is 9.55 Å². The molecule has 0 unspecified atom stereocenters. The van der Waals surface area contributed by atoms with Crippen molar-refractivity contribution in [2.75, 3.05) is 0 Å². The minimum atomic E-state index is -0.0336. The number of allylic oxidation sites excluding steroid dienone is 1. The average Bonchev–Trinajstić information content (AvgIpc) is 2.23. The quantitative estimate of drug-likeness (QED) is 0.681. The van der Waals surface area contributed by atoms with Gasteiger partial charge in [0.2, 0.25) is 0 Å². The third-order valence-electron chi connectivity index (χ3n) is 2.00. The number of hydrogen-bond donors (Lipinski definition) is 0. The van der Waals surface area contributed by atoms with Crippen LogP contribution in [0.15, 0.2) is 41.5 Å². The molecule has 0 bridgehead atoms. The van der Waals surface area contributed by atoms with Crippen molar-refractivity contribution < 1.29 is 0 Å². The highest BCUT2D eigenvalue weighted by molar-refractivity contribution is 5.77. The maximum atomic E-state index is 11.8. The molecule has 0 fully saturated rings. The lowest BCUT2D eigenvalue weighted by molar-refractivity contribution is 1.02. The largest absolute Gasteiger partial charge is 0.274 e. The normalized spacial score (nSPS) is 11.2. The zero-order valence-electron chi connectivity index (χ0n) is 7.84. The number of benzene rings is 1. The Kier molecular flexibility index (Phi) is 2.14. The topological polar surface area (TPSA) is 34.9 Å². The van der Waals surface area contributed by atoms with Crippen LogP contribution in [0.5, 0.6) is 0 Å². The molecule has 3 nitrogen and oxygen atoms in total. The van der Waals surface area contributed by atoms with E-state index < -0.39 is 0 Å². The Morgan fingerprint density at radius 2 is 2.14 bits per heavy atom. The number of rotatable bonds is 1. The molecule has 0 N–H and O–H groups in total. The summed E-state index contributed by atoms with van der Waals surface area (Å²) >= 11 is 0. The Morgan fingerprint density at radius 1 is 1.36 bits per heavy atom. The van der Waals surface area contributed by atoms with Gasteiger partial charge in [-0.3, -0.25) is 9.36 Å². The van der Waals surface area contributed by atoms with Crippen LogP contribution in [0.25, 0.3) is 17.1 Å². The van der Waals surface area contributed by atoms with Gasteiger partial charge in [0.1, 0.15) is 6.33 Å². The highest BCUT2D eigenvalue weighted by atomic mass is 16.1. The fourth-order valence-corrected chi connectivity index (χ4v) is 1.35. The first-order valence-electron chi connectivity index (χ1n) is 4.41. The lowest BCUT2D eigenvalue weighted by atomic mass is 10.2. The van der Waals surface area contributed by atoms with E-state index in [1.165, 1.54) is 10.9 Å². The molecule has 0 aliphatic heterocycles. The molecule has 1 aromatic heterocycles. The predicted molar refractivity (Wildman–Crippen MR) is 57.0 cm³/mol. The zero-order valence-corrected chi connectivity index (χ0v) is 7.84. The number of nitrogens with zero attached hydrogens (tertiary/aromatic N) is 2. The third-order valence-corrected chi connectivity index (χ3v) is 2.00. The SMILES string of the molecule is CC=Cn1cnc2ccccc2c1=O. The second-order valence-electron chi connectivity index (χ2n) is 2.96. The first kappa shape index (κ1) is 8.69. The zero-order chi connectivity index (χ0) is 9.97. The van der Waals surface area contributed by atoms with Gasteiger partial charge in [-0.25, -0.2) is 4.98 Å². The Hall–Kier alpha value is -1.90. The van der Waals surface area contributed by atoms with Gasteiger partial charge in [0.25, 0.3) is 5.56 Å². The summed E-state index contributed by atoms with van der Waals surface area (Å²) in [5.41, 5.74) is 0.701. The van der Waals surface area contributed by atoms with Crippen molar-refractivity contribution in [1.82, 2.24) is 9.55 Å². The molecule has 0 saturated carbocycles. The Bertz CT molecular complexity index is 540. The molecule has 14 heavy (non-hydrogen) atoms. The number of hydrogen-bond acceptors (Lipinski definition) is 2. The highest BCUT2D eigenvalue weighted by Crippen LogP contribution is 2.04. The number of aromatic nitrogens is 2. The van der Waals surface area contributed by atoms with Gasteiger partial charge in [-0.1, -0.05) is 18.2 Å². The van der Waals surface area contributed by atoms with E-state index in [1.54, 1.807) is 18.3 Å². The highest BCUT2D eigenvalue weighted by Gasteiger charge is 1.99. The van der Waals surface area contributed by atoms with E-state index in [0.717, 1.165) is 5.52 Å². The lowest BCUT2D eigenvalue weighted by Crippen LogP contribution is -2.15. The van der Waals surface area contributed by atoms with Gasteiger partial charge in [-0.05, 0) is 19.1 Å². The molecule has 1 heterocycles. The minimum absolute atomic E-state index is 0.0336. The van der Waals surface area contributed by atoms with Crippen LogP contribution in [0.3, 0.4) is 0 Å². The molecule has 0 atom stereocenters. The molecule has 0 radical (unpaired) electrons. The molecule has 0 amide bonds. The summed E-state index contributed by atoms with van der Waals surface area (Å²) in [4.78, 5) is 16.0. The first-order chi connectivity index (χ1) is 6.83. The van der Waals surface area contributed by atoms with Crippen LogP contribution >= 0.6 is 0 Å². The fraction of sp³-hybridized carbons (Fsp3) is 0.0909. The summed E-state index contributed by atoms with van der Waals surface area (Å²) in [6, 6.07) is 7.32. The average molecular weight is 186 g/mol. The molecule has 0 spiro atoms. The molecule has 3 heteroatoms. The summed E-state index contributed by atoms with van der Waals surface area (Å²) in [6.45, 7) is 1.86. The van der Waals surface area contributed by atoms with E-state index in [1.807, 2.05) is 25.1 Å².